The van der Waals surface area contributed by atoms with Crippen LogP contribution < -0.4 is 5.32 Å². The van der Waals surface area contributed by atoms with Crippen LogP contribution in [0.15, 0.2) is 35.0 Å². The quantitative estimate of drug-likeness (QED) is 0.858. The highest BCUT2D eigenvalue weighted by Gasteiger charge is 2.09. The Hall–Kier alpha value is -1.61. The molecular weight excluding hydrogens is 212 g/mol. The van der Waals surface area contributed by atoms with Crippen LogP contribution in [0.4, 0.5) is 0 Å². The maximum Gasteiger partial charge on any atom is 0.171 e. The van der Waals surface area contributed by atoms with Crippen molar-refractivity contribution < 1.29 is 4.52 Å². The van der Waals surface area contributed by atoms with Crippen molar-refractivity contribution in [2.24, 2.45) is 0 Å². The second-order valence-electron chi connectivity index (χ2n) is 4.16. The van der Waals surface area contributed by atoms with Crippen LogP contribution in [0, 0.1) is 0 Å². The molecule has 1 aromatic heterocycles. The Morgan fingerprint density at radius 3 is 2.65 bits per heavy atom. The molecule has 3 heteroatoms. The third-order valence-electron chi connectivity index (χ3n) is 2.77. The number of rotatable bonds is 5. The molecule has 0 bridgehead atoms. The maximum atomic E-state index is 5.31. The molecule has 0 unspecified atom stereocenters. The number of hydrogen-bond acceptors (Lipinski definition) is 3. The summed E-state index contributed by atoms with van der Waals surface area (Å²) in [5.74, 6) is 0.863. The SMILES string of the molecule is CCCc1ccc(-c2oncc2CNC)cc1. The summed E-state index contributed by atoms with van der Waals surface area (Å²) in [6.45, 7) is 2.96. The molecule has 0 saturated heterocycles. The van der Waals surface area contributed by atoms with Crippen molar-refractivity contribution in [2.45, 2.75) is 26.3 Å². The lowest BCUT2D eigenvalue weighted by atomic mass is 10.0. The Kier molecular flexibility index (Phi) is 3.94. The first-order valence-corrected chi connectivity index (χ1v) is 6.02. The molecule has 0 saturated carbocycles. The summed E-state index contributed by atoms with van der Waals surface area (Å²) in [5, 5.41) is 6.97. The average Bonchev–Trinajstić information content (AvgIpc) is 2.79. The summed E-state index contributed by atoms with van der Waals surface area (Å²) in [4.78, 5) is 0. The van der Waals surface area contributed by atoms with E-state index >= 15 is 0 Å². The van der Waals surface area contributed by atoms with Gasteiger partial charge in [-0.05, 0) is 19.0 Å². The van der Waals surface area contributed by atoms with Crippen LogP contribution in [0.1, 0.15) is 24.5 Å². The smallest absolute Gasteiger partial charge is 0.171 e. The minimum atomic E-state index is 0.773. The van der Waals surface area contributed by atoms with Gasteiger partial charge in [0.25, 0.3) is 0 Å². The van der Waals surface area contributed by atoms with Gasteiger partial charge >= 0.3 is 0 Å². The van der Waals surface area contributed by atoms with Crippen LogP contribution in [-0.4, -0.2) is 12.2 Å². The van der Waals surface area contributed by atoms with Crippen molar-refractivity contribution >= 4 is 0 Å². The van der Waals surface area contributed by atoms with Crippen LogP contribution in [0.2, 0.25) is 0 Å². The lowest BCUT2D eigenvalue weighted by Crippen LogP contribution is -2.04. The number of nitrogens with one attached hydrogen (secondary N) is 1. The maximum absolute atomic E-state index is 5.31. The van der Waals surface area contributed by atoms with Crippen LogP contribution >= 0.6 is 0 Å². The van der Waals surface area contributed by atoms with E-state index in [4.69, 9.17) is 4.52 Å². The molecule has 2 aromatic rings. The minimum Gasteiger partial charge on any atom is -0.356 e. The van der Waals surface area contributed by atoms with E-state index < -0.39 is 0 Å². The van der Waals surface area contributed by atoms with Crippen molar-refractivity contribution in [3.8, 4) is 11.3 Å². The first kappa shape index (κ1) is 11.9. The topological polar surface area (TPSA) is 38.1 Å². The second-order valence-corrected chi connectivity index (χ2v) is 4.16. The molecule has 1 heterocycles. The van der Waals surface area contributed by atoms with Crippen LogP contribution in [0.3, 0.4) is 0 Å². The summed E-state index contributed by atoms with van der Waals surface area (Å²) in [6, 6.07) is 8.52. The summed E-state index contributed by atoms with van der Waals surface area (Å²) in [7, 11) is 1.92. The molecule has 0 aliphatic rings. The number of aromatic nitrogens is 1. The highest BCUT2D eigenvalue weighted by molar-refractivity contribution is 5.60. The van der Waals surface area contributed by atoms with Crippen molar-refractivity contribution in [2.75, 3.05) is 7.05 Å². The molecular formula is C14H18N2O. The summed E-state index contributed by atoms with van der Waals surface area (Å²) >= 11 is 0. The summed E-state index contributed by atoms with van der Waals surface area (Å²) < 4.78 is 5.31. The third kappa shape index (κ3) is 2.74. The fraction of sp³-hybridized carbons (Fsp3) is 0.357. The molecule has 0 spiro atoms. The van der Waals surface area contributed by atoms with Gasteiger partial charge in [-0.15, -0.1) is 0 Å². The molecule has 0 fully saturated rings. The summed E-state index contributed by atoms with van der Waals surface area (Å²) in [5.41, 5.74) is 3.55. The molecule has 90 valence electrons. The monoisotopic (exact) mass is 230 g/mol. The number of aryl methyl sites for hydroxylation is 1. The van der Waals surface area contributed by atoms with Gasteiger partial charge in [-0.1, -0.05) is 42.8 Å². The molecule has 1 N–H and O–H groups in total. The lowest BCUT2D eigenvalue weighted by molar-refractivity contribution is 0.431. The second kappa shape index (κ2) is 5.64. The van der Waals surface area contributed by atoms with E-state index in [1.165, 1.54) is 12.0 Å². The van der Waals surface area contributed by atoms with E-state index in [9.17, 15) is 0 Å². The highest BCUT2D eigenvalue weighted by atomic mass is 16.5. The van der Waals surface area contributed by atoms with E-state index in [2.05, 4.69) is 41.7 Å². The predicted octanol–water partition coefficient (Wildman–Crippen LogP) is 3.01. The van der Waals surface area contributed by atoms with E-state index in [0.29, 0.717) is 0 Å². The van der Waals surface area contributed by atoms with Crippen molar-refractivity contribution in [1.82, 2.24) is 10.5 Å². The van der Waals surface area contributed by atoms with Crippen LogP contribution in [-0.2, 0) is 13.0 Å². The molecule has 0 atom stereocenters. The summed E-state index contributed by atoms with van der Waals surface area (Å²) in [6.07, 6.45) is 4.07. The Balaban J connectivity index is 2.23. The molecule has 2 rings (SSSR count). The minimum absolute atomic E-state index is 0.773. The zero-order chi connectivity index (χ0) is 12.1. The van der Waals surface area contributed by atoms with Gasteiger partial charge in [-0.25, -0.2) is 0 Å². The first-order valence-electron chi connectivity index (χ1n) is 6.02. The van der Waals surface area contributed by atoms with E-state index in [-0.39, 0.29) is 0 Å². The standard InChI is InChI=1S/C14H18N2O/c1-3-4-11-5-7-12(8-6-11)14-13(9-15-2)10-16-17-14/h5-8,10,15H,3-4,9H2,1-2H3. The molecule has 3 nitrogen and oxygen atoms in total. The Morgan fingerprint density at radius 1 is 1.24 bits per heavy atom. The van der Waals surface area contributed by atoms with Crippen LogP contribution in [0.25, 0.3) is 11.3 Å². The highest BCUT2D eigenvalue weighted by Crippen LogP contribution is 2.24. The Bertz CT molecular complexity index is 459. The first-order chi connectivity index (χ1) is 8.35. The van der Waals surface area contributed by atoms with Gasteiger partial charge in [0.15, 0.2) is 5.76 Å². The molecule has 17 heavy (non-hydrogen) atoms. The number of hydrogen-bond donors (Lipinski definition) is 1. The van der Waals surface area contributed by atoms with E-state index in [1.54, 1.807) is 6.20 Å². The van der Waals surface area contributed by atoms with E-state index in [1.807, 2.05) is 7.05 Å². The third-order valence-corrected chi connectivity index (χ3v) is 2.77. The zero-order valence-electron chi connectivity index (χ0n) is 10.4. The van der Waals surface area contributed by atoms with Gasteiger partial charge in [-0.3, -0.25) is 0 Å². The van der Waals surface area contributed by atoms with Gasteiger partial charge in [-0.2, -0.15) is 0 Å². The Labute approximate surface area is 102 Å². The van der Waals surface area contributed by atoms with Gasteiger partial charge in [0.1, 0.15) is 0 Å². The van der Waals surface area contributed by atoms with Crippen molar-refractivity contribution in [3.05, 3.63) is 41.6 Å². The number of nitrogens with zero attached hydrogens (tertiary/aromatic N) is 1. The van der Waals surface area contributed by atoms with Gasteiger partial charge in [0.05, 0.1) is 6.20 Å². The largest absolute Gasteiger partial charge is 0.356 e. The number of benzene rings is 1. The average molecular weight is 230 g/mol. The van der Waals surface area contributed by atoms with Crippen LogP contribution in [0.5, 0.6) is 0 Å². The van der Waals surface area contributed by atoms with E-state index in [0.717, 1.165) is 29.9 Å². The van der Waals surface area contributed by atoms with Gasteiger partial charge < -0.3 is 9.84 Å². The molecule has 0 amide bonds. The van der Waals surface area contributed by atoms with Crippen molar-refractivity contribution in [1.29, 1.82) is 0 Å². The van der Waals surface area contributed by atoms with Gasteiger partial charge in [0, 0.05) is 17.7 Å². The normalized spacial score (nSPS) is 10.7. The molecule has 0 aliphatic heterocycles. The fourth-order valence-electron chi connectivity index (χ4n) is 1.93. The Morgan fingerprint density at radius 2 is 2.00 bits per heavy atom. The fourth-order valence-corrected chi connectivity index (χ4v) is 1.93. The zero-order valence-corrected chi connectivity index (χ0v) is 10.4. The van der Waals surface area contributed by atoms with Gasteiger partial charge in [0.2, 0.25) is 0 Å². The van der Waals surface area contributed by atoms with Crippen molar-refractivity contribution in [3.63, 3.8) is 0 Å². The lowest BCUT2D eigenvalue weighted by Gasteiger charge is -2.02. The molecule has 0 radical (unpaired) electrons. The molecule has 1 aromatic carbocycles. The predicted molar refractivity (Wildman–Crippen MR) is 68.7 cm³/mol. The molecule has 0 aliphatic carbocycles.